The van der Waals surface area contributed by atoms with Crippen LogP contribution in [0.2, 0.25) is 0 Å². The Morgan fingerprint density at radius 2 is 2.38 bits per heavy atom. The van der Waals surface area contributed by atoms with E-state index in [1.807, 2.05) is 6.92 Å². The lowest BCUT2D eigenvalue weighted by atomic mass is 10.2. The van der Waals surface area contributed by atoms with Gasteiger partial charge in [-0.3, -0.25) is 4.79 Å². The van der Waals surface area contributed by atoms with E-state index >= 15 is 0 Å². The molecule has 1 heterocycles. The van der Waals surface area contributed by atoms with Crippen molar-refractivity contribution in [3.05, 3.63) is 5.89 Å². The van der Waals surface area contributed by atoms with Crippen molar-refractivity contribution in [1.82, 2.24) is 10.2 Å². The number of carbonyl (C=O) groups is 1. The lowest BCUT2D eigenvalue weighted by molar-refractivity contribution is -0.133. The lowest BCUT2D eigenvalue weighted by Gasteiger charge is -2.05. The minimum absolute atomic E-state index is 0.0733. The van der Waals surface area contributed by atoms with Gasteiger partial charge in [-0.25, -0.2) is 0 Å². The van der Waals surface area contributed by atoms with Crippen LogP contribution >= 0.6 is 11.8 Å². The van der Waals surface area contributed by atoms with E-state index in [9.17, 15) is 4.79 Å². The number of carboxylic acid groups (broad SMARTS) is 1. The summed E-state index contributed by atoms with van der Waals surface area (Å²) < 4.78 is 10.3. The van der Waals surface area contributed by atoms with Gasteiger partial charge in [0.25, 0.3) is 5.22 Å². The Morgan fingerprint density at radius 1 is 1.62 bits per heavy atom. The van der Waals surface area contributed by atoms with E-state index in [1.54, 1.807) is 7.11 Å². The second-order valence-electron chi connectivity index (χ2n) is 3.23. The fraction of sp³-hybridized carbons (Fsp3) is 0.667. The Morgan fingerprint density at radius 3 is 3.00 bits per heavy atom. The van der Waals surface area contributed by atoms with Crippen molar-refractivity contribution in [2.24, 2.45) is 0 Å². The largest absolute Gasteiger partial charge is 0.481 e. The topological polar surface area (TPSA) is 85.5 Å². The van der Waals surface area contributed by atoms with Crippen LogP contribution in [-0.4, -0.2) is 40.2 Å². The first kappa shape index (κ1) is 13.0. The summed E-state index contributed by atoms with van der Waals surface area (Å²) in [7, 11) is 1.65. The molecule has 0 amide bonds. The Labute approximate surface area is 97.4 Å². The Hall–Kier alpha value is -1.08. The number of nitrogens with zero attached hydrogens (tertiary/aromatic N) is 2. The second-order valence-corrected chi connectivity index (χ2v) is 4.16. The van der Waals surface area contributed by atoms with E-state index in [-0.39, 0.29) is 11.9 Å². The lowest BCUT2D eigenvalue weighted by Crippen LogP contribution is -2.05. The van der Waals surface area contributed by atoms with E-state index in [2.05, 4.69) is 10.2 Å². The summed E-state index contributed by atoms with van der Waals surface area (Å²) in [6.45, 7) is 1.95. The third-order valence-corrected chi connectivity index (χ3v) is 2.74. The van der Waals surface area contributed by atoms with Gasteiger partial charge in [0.05, 0.1) is 6.10 Å². The smallest absolute Gasteiger partial charge is 0.314 e. The fourth-order valence-electron chi connectivity index (χ4n) is 0.966. The molecule has 0 aromatic carbocycles. The number of aliphatic carboxylic acids is 1. The minimum Gasteiger partial charge on any atom is -0.481 e. The highest BCUT2D eigenvalue weighted by atomic mass is 32.2. The average Bonchev–Trinajstić information content (AvgIpc) is 2.71. The molecule has 0 aliphatic rings. The number of hydrogen-bond acceptors (Lipinski definition) is 6. The Kier molecular flexibility index (Phi) is 5.27. The third kappa shape index (κ3) is 4.63. The standard InChI is InChI=1S/C9H14N2O4S/c1-6(14-2)3-4-7-10-11-9(15-7)16-5-8(12)13/h6H,3-5H2,1-2H3,(H,12,13). The Bertz CT molecular complexity index is 342. The molecule has 1 aromatic rings. The van der Waals surface area contributed by atoms with Crippen molar-refractivity contribution >= 4 is 17.7 Å². The molecule has 6 nitrogen and oxygen atoms in total. The van der Waals surface area contributed by atoms with Gasteiger partial charge < -0.3 is 14.3 Å². The van der Waals surface area contributed by atoms with Crippen LogP contribution < -0.4 is 0 Å². The maximum Gasteiger partial charge on any atom is 0.314 e. The van der Waals surface area contributed by atoms with Crippen molar-refractivity contribution in [3.63, 3.8) is 0 Å². The maximum atomic E-state index is 10.3. The van der Waals surface area contributed by atoms with E-state index < -0.39 is 5.97 Å². The van der Waals surface area contributed by atoms with Gasteiger partial charge in [0.15, 0.2) is 0 Å². The highest BCUT2D eigenvalue weighted by Crippen LogP contribution is 2.16. The van der Waals surface area contributed by atoms with Crippen molar-refractivity contribution in [2.75, 3.05) is 12.9 Å². The van der Waals surface area contributed by atoms with Gasteiger partial charge in [-0.15, -0.1) is 10.2 Å². The summed E-state index contributed by atoms with van der Waals surface area (Å²) in [4.78, 5) is 10.3. The van der Waals surface area contributed by atoms with Gasteiger partial charge >= 0.3 is 5.97 Å². The quantitative estimate of drug-likeness (QED) is 0.724. The second kappa shape index (κ2) is 6.49. The molecule has 0 saturated carbocycles. The van der Waals surface area contributed by atoms with E-state index in [4.69, 9.17) is 14.3 Å². The number of thioether (sulfide) groups is 1. The molecule has 7 heteroatoms. The van der Waals surface area contributed by atoms with Crippen molar-refractivity contribution in [3.8, 4) is 0 Å². The van der Waals surface area contributed by atoms with Crippen molar-refractivity contribution < 1.29 is 19.1 Å². The number of ether oxygens (including phenoxy) is 1. The highest BCUT2D eigenvalue weighted by molar-refractivity contribution is 7.99. The molecule has 1 rings (SSSR count). The van der Waals surface area contributed by atoms with Crippen molar-refractivity contribution in [2.45, 2.75) is 31.1 Å². The number of carboxylic acids is 1. The molecule has 0 radical (unpaired) electrons. The van der Waals surface area contributed by atoms with Crippen molar-refractivity contribution in [1.29, 1.82) is 0 Å². The number of methoxy groups -OCH3 is 1. The maximum absolute atomic E-state index is 10.3. The van der Waals surface area contributed by atoms with Crippen LogP contribution in [0.1, 0.15) is 19.2 Å². The van der Waals surface area contributed by atoms with Crippen LogP contribution in [0.3, 0.4) is 0 Å². The summed E-state index contributed by atoms with van der Waals surface area (Å²) >= 11 is 1.02. The summed E-state index contributed by atoms with van der Waals surface area (Å²) in [5.74, 6) is -0.467. The molecule has 1 aromatic heterocycles. The van der Waals surface area contributed by atoms with E-state index in [0.29, 0.717) is 17.5 Å². The number of rotatable bonds is 7. The molecule has 1 atom stereocenters. The zero-order valence-electron chi connectivity index (χ0n) is 9.17. The molecule has 90 valence electrons. The number of aromatic nitrogens is 2. The van der Waals surface area contributed by atoms with Gasteiger partial charge in [-0.1, -0.05) is 11.8 Å². The summed E-state index contributed by atoms with van der Waals surface area (Å²) in [5.41, 5.74) is 0. The predicted molar refractivity (Wildman–Crippen MR) is 57.4 cm³/mol. The first-order valence-corrected chi connectivity index (χ1v) is 5.80. The first-order chi connectivity index (χ1) is 7.61. The minimum atomic E-state index is -0.905. The van der Waals surface area contributed by atoms with Crippen LogP contribution in [0.4, 0.5) is 0 Å². The van der Waals surface area contributed by atoms with Gasteiger partial charge in [0.2, 0.25) is 5.89 Å². The predicted octanol–water partition coefficient (Wildman–Crippen LogP) is 1.21. The van der Waals surface area contributed by atoms with Gasteiger partial charge in [0, 0.05) is 13.5 Å². The molecule has 0 saturated heterocycles. The van der Waals surface area contributed by atoms with Crippen LogP contribution in [0.5, 0.6) is 0 Å². The summed E-state index contributed by atoms with van der Waals surface area (Å²) in [6, 6.07) is 0. The average molecular weight is 246 g/mol. The Balaban J connectivity index is 2.36. The SMILES string of the molecule is COC(C)CCc1nnc(SCC(=O)O)o1. The highest BCUT2D eigenvalue weighted by Gasteiger charge is 2.10. The van der Waals surface area contributed by atoms with Crippen LogP contribution in [0.15, 0.2) is 9.64 Å². The summed E-state index contributed by atoms with van der Waals surface area (Å²) in [6.07, 6.45) is 1.57. The summed E-state index contributed by atoms with van der Waals surface area (Å²) in [5, 5.41) is 16.3. The van der Waals surface area contributed by atoms with E-state index in [0.717, 1.165) is 18.2 Å². The van der Waals surface area contributed by atoms with Gasteiger partial charge in [-0.05, 0) is 13.3 Å². The van der Waals surface area contributed by atoms with Gasteiger partial charge in [0.1, 0.15) is 5.75 Å². The molecule has 16 heavy (non-hydrogen) atoms. The van der Waals surface area contributed by atoms with Crippen LogP contribution in [0, 0.1) is 0 Å². The number of hydrogen-bond donors (Lipinski definition) is 1. The molecule has 0 aliphatic carbocycles. The molecule has 1 N–H and O–H groups in total. The first-order valence-electron chi connectivity index (χ1n) is 4.81. The molecular formula is C9H14N2O4S. The molecular weight excluding hydrogens is 232 g/mol. The molecule has 0 aliphatic heterocycles. The zero-order valence-corrected chi connectivity index (χ0v) is 9.99. The van der Waals surface area contributed by atoms with E-state index in [1.165, 1.54) is 0 Å². The van der Waals surface area contributed by atoms with Crippen LogP contribution in [-0.2, 0) is 16.0 Å². The normalized spacial score (nSPS) is 12.6. The molecule has 1 unspecified atom stereocenters. The molecule has 0 spiro atoms. The third-order valence-electron chi connectivity index (χ3n) is 1.93. The molecule has 0 bridgehead atoms. The molecule has 0 fully saturated rings. The zero-order chi connectivity index (χ0) is 12.0. The fourth-order valence-corrected chi connectivity index (χ4v) is 1.47. The van der Waals surface area contributed by atoms with Gasteiger partial charge in [-0.2, -0.15) is 0 Å². The monoisotopic (exact) mass is 246 g/mol. The number of aryl methyl sites for hydroxylation is 1. The van der Waals surface area contributed by atoms with Crippen LogP contribution in [0.25, 0.3) is 0 Å².